The average molecular weight is 374 g/mol. The lowest BCUT2D eigenvalue weighted by Crippen LogP contribution is -2.49. The molecule has 0 atom stereocenters. The van der Waals surface area contributed by atoms with E-state index in [0.29, 0.717) is 51.5 Å². The van der Waals surface area contributed by atoms with Crippen LogP contribution in [-0.2, 0) is 16.1 Å². The molecule has 0 aliphatic carbocycles. The highest BCUT2D eigenvalue weighted by Crippen LogP contribution is 2.22. The fourth-order valence-electron chi connectivity index (χ4n) is 3.39. The van der Waals surface area contributed by atoms with Crippen LogP contribution in [-0.4, -0.2) is 55.4 Å². The number of hydrogen-bond acceptors (Lipinski definition) is 4. The zero-order chi connectivity index (χ0) is 19.1. The van der Waals surface area contributed by atoms with Crippen LogP contribution in [0, 0.1) is 0 Å². The molecule has 0 spiro atoms. The minimum Gasteiger partial charge on any atom is -0.388 e. The minimum absolute atomic E-state index is 0.199. The number of nitrogens with zero attached hydrogens (tertiary/aromatic N) is 2. The molecule has 1 aromatic rings. The van der Waals surface area contributed by atoms with Gasteiger partial charge >= 0.3 is 0 Å². The van der Waals surface area contributed by atoms with E-state index in [-0.39, 0.29) is 5.91 Å². The first-order valence-corrected chi connectivity index (χ1v) is 9.81. The van der Waals surface area contributed by atoms with Crippen LogP contribution in [0.25, 0.3) is 0 Å². The van der Waals surface area contributed by atoms with Gasteiger partial charge in [0.1, 0.15) is 0 Å². The van der Waals surface area contributed by atoms with E-state index in [4.69, 9.17) is 4.74 Å². The normalized spacial score (nSPS) is 20.0. The Morgan fingerprint density at radius 2 is 2.00 bits per heavy atom. The number of amides is 1. The van der Waals surface area contributed by atoms with Crippen molar-refractivity contribution >= 4 is 17.6 Å². The summed E-state index contributed by atoms with van der Waals surface area (Å²) < 4.78 is 5.32. The number of guanidine groups is 1. The standard InChI is InChI=1S/C20H30N4O3/c1-2-21-19(23-15-20(26)9-12-27-13-10-20)22-14-16-5-7-17(8-6-16)24-11-3-4-18(24)25/h5-8,26H,2-4,9-15H2,1H3,(H2,21,22,23). The van der Waals surface area contributed by atoms with Gasteiger partial charge in [-0.3, -0.25) is 4.79 Å². The topological polar surface area (TPSA) is 86.2 Å². The van der Waals surface area contributed by atoms with E-state index in [2.05, 4.69) is 15.6 Å². The van der Waals surface area contributed by atoms with Crippen molar-refractivity contribution in [1.29, 1.82) is 0 Å². The highest BCUT2D eigenvalue weighted by Gasteiger charge is 2.29. The summed E-state index contributed by atoms with van der Waals surface area (Å²) >= 11 is 0. The Morgan fingerprint density at radius 3 is 2.63 bits per heavy atom. The number of anilines is 1. The highest BCUT2D eigenvalue weighted by atomic mass is 16.5. The first-order valence-electron chi connectivity index (χ1n) is 9.81. The van der Waals surface area contributed by atoms with Gasteiger partial charge in [-0.2, -0.15) is 0 Å². The van der Waals surface area contributed by atoms with Crippen LogP contribution in [0.2, 0.25) is 0 Å². The molecular weight excluding hydrogens is 344 g/mol. The Morgan fingerprint density at radius 1 is 1.26 bits per heavy atom. The summed E-state index contributed by atoms with van der Waals surface area (Å²) in [5.74, 6) is 0.890. The molecule has 3 rings (SSSR count). The van der Waals surface area contributed by atoms with Crippen LogP contribution in [0.1, 0.15) is 38.2 Å². The van der Waals surface area contributed by atoms with Crippen molar-refractivity contribution < 1.29 is 14.6 Å². The van der Waals surface area contributed by atoms with Crippen LogP contribution >= 0.6 is 0 Å². The van der Waals surface area contributed by atoms with Crippen LogP contribution in [0.15, 0.2) is 29.3 Å². The van der Waals surface area contributed by atoms with E-state index < -0.39 is 5.60 Å². The molecule has 0 saturated carbocycles. The maximum atomic E-state index is 11.8. The van der Waals surface area contributed by atoms with E-state index in [9.17, 15) is 9.90 Å². The third-order valence-corrected chi connectivity index (χ3v) is 5.09. The highest BCUT2D eigenvalue weighted by molar-refractivity contribution is 5.95. The molecule has 2 aliphatic rings. The van der Waals surface area contributed by atoms with Crippen LogP contribution < -0.4 is 15.5 Å². The zero-order valence-electron chi connectivity index (χ0n) is 16.0. The van der Waals surface area contributed by atoms with Crippen molar-refractivity contribution in [2.75, 3.05) is 37.7 Å². The number of carbonyl (C=O) groups excluding carboxylic acids is 1. The summed E-state index contributed by atoms with van der Waals surface area (Å²) in [5.41, 5.74) is 1.29. The van der Waals surface area contributed by atoms with Gasteiger partial charge in [-0.25, -0.2) is 4.99 Å². The molecule has 148 valence electrons. The predicted octanol–water partition coefficient (Wildman–Crippen LogP) is 1.41. The van der Waals surface area contributed by atoms with Crippen molar-refractivity contribution in [1.82, 2.24) is 10.6 Å². The second-order valence-corrected chi connectivity index (χ2v) is 7.20. The molecule has 2 saturated heterocycles. The number of carbonyl (C=O) groups is 1. The second kappa shape index (κ2) is 9.19. The molecule has 1 aromatic carbocycles. The Kier molecular flexibility index (Phi) is 6.68. The molecule has 3 N–H and O–H groups in total. The molecule has 0 bridgehead atoms. The van der Waals surface area contributed by atoms with Gasteiger partial charge in [-0.05, 0) is 31.0 Å². The largest absolute Gasteiger partial charge is 0.388 e. The van der Waals surface area contributed by atoms with Crippen molar-refractivity contribution in [2.24, 2.45) is 4.99 Å². The molecular formula is C20H30N4O3. The van der Waals surface area contributed by atoms with E-state index in [0.717, 1.165) is 30.8 Å². The van der Waals surface area contributed by atoms with E-state index in [1.165, 1.54) is 0 Å². The fourth-order valence-corrected chi connectivity index (χ4v) is 3.39. The summed E-state index contributed by atoms with van der Waals surface area (Å²) in [7, 11) is 0. The minimum atomic E-state index is -0.738. The maximum Gasteiger partial charge on any atom is 0.227 e. The molecule has 2 fully saturated rings. The average Bonchev–Trinajstić information content (AvgIpc) is 3.11. The molecule has 2 aliphatic heterocycles. The predicted molar refractivity (Wildman–Crippen MR) is 106 cm³/mol. The zero-order valence-corrected chi connectivity index (χ0v) is 16.0. The summed E-state index contributed by atoms with van der Waals surface area (Å²) in [6.07, 6.45) is 2.84. The van der Waals surface area contributed by atoms with Gasteiger partial charge in [0.2, 0.25) is 5.91 Å². The van der Waals surface area contributed by atoms with Gasteiger partial charge in [-0.1, -0.05) is 12.1 Å². The summed E-state index contributed by atoms with van der Waals surface area (Å²) in [5, 5.41) is 17.0. The third-order valence-electron chi connectivity index (χ3n) is 5.09. The lowest BCUT2D eigenvalue weighted by atomic mass is 9.94. The number of aliphatic imine (C=N–C) groups is 1. The number of aliphatic hydroxyl groups is 1. The van der Waals surface area contributed by atoms with Crippen molar-refractivity contribution in [3.8, 4) is 0 Å². The van der Waals surface area contributed by atoms with Gasteiger partial charge < -0.3 is 25.4 Å². The van der Waals surface area contributed by atoms with Crippen molar-refractivity contribution in [3.05, 3.63) is 29.8 Å². The number of benzene rings is 1. The number of rotatable bonds is 6. The number of hydrogen-bond donors (Lipinski definition) is 3. The summed E-state index contributed by atoms with van der Waals surface area (Å²) in [6.45, 7) is 5.75. The first kappa shape index (κ1) is 19.6. The smallest absolute Gasteiger partial charge is 0.227 e. The summed E-state index contributed by atoms with van der Waals surface area (Å²) in [6, 6.07) is 8.00. The van der Waals surface area contributed by atoms with Gasteiger partial charge in [0.05, 0.1) is 12.1 Å². The van der Waals surface area contributed by atoms with Crippen molar-refractivity contribution in [2.45, 2.75) is 44.8 Å². The Balaban J connectivity index is 1.56. The lowest BCUT2D eigenvalue weighted by Gasteiger charge is -2.32. The third kappa shape index (κ3) is 5.43. The molecule has 2 heterocycles. The first-order chi connectivity index (χ1) is 13.1. The number of nitrogens with one attached hydrogen (secondary N) is 2. The second-order valence-electron chi connectivity index (χ2n) is 7.20. The van der Waals surface area contributed by atoms with E-state index in [1.807, 2.05) is 36.1 Å². The molecule has 0 radical (unpaired) electrons. The van der Waals surface area contributed by atoms with Crippen LogP contribution in [0.3, 0.4) is 0 Å². The fraction of sp³-hybridized carbons (Fsp3) is 0.600. The quantitative estimate of drug-likeness (QED) is 0.518. The molecule has 0 unspecified atom stereocenters. The van der Waals surface area contributed by atoms with Gasteiger partial charge in [0.25, 0.3) is 0 Å². The number of ether oxygens (including phenoxy) is 1. The van der Waals surface area contributed by atoms with Crippen LogP contribution in [0.5, 0.6) is 0 Å². The molecule has 27 heavy (non-hydrogen) atoms. The Bertz CT molecular complexity index is 654. The Labute approximate surface area is 160 Å². The molecule has 1 amide bonds. The summed E-state index contributed by atoms with van der Waals surface area (Å²) in [4.78, 5) is 18.3. The lowest BCUT2D eigenvalue weighted by molar-refractivity contribution is -0.117. The van der Waals surface area contributed by atoms with Gasteiger partial charge in [0.15, 0.2) is 5.96 Å². The Hall–Kier alpha value is -2.12. The van der Waals surface area contributed by atoms with Gasteiger partial charge in [-0.15, -0.1) is 0 Å². The van der Waals surface area contributed by atoms with Gasteiger partial charge in [0, 0.05) is 57.8 Å². The monoisotopic (exact) mass is 374 g/mol. The van der Waals surface area contributed by atoms with E-state index >= 15 is 0 Å². The molecule has 0 aromatic heterocycles. The molecule has 7 heteroatoms. The molecule has 7 nitrogen and oxygen atoms in total. The maximum absolute atomic E-state index is 11.8. The SMILES string of the molecule is CCNC(=NCc1ccc(N2CCCC2=O)cc1)NCC1(O)CCOCC1. The van der Waals surface area contributed by atoms with Crippen LogP contribution in [0.4, 0.5) is 5.69 Å². The van der Waals surface area contributed by atoms with E-state index in [1.54, 1.807) is 0 Å². The van der Waals surface area contributed by atoms with Crippen molar-refractivity contribution in [3.63, 3.8) is 0 Å².